The summed E-state index contributed by atoms with van der Waals surface area (Å²) in [4.78, 5) is -4.34. The van der Waals surface area contributed by atoms with Crippen LogP contribution in [0.5, 0.6) is 0 Å². The number of hydrogen-bond acceptors (Lipinski definition) is 6. The third-order valence-corrected chi connectivity index (χ3v) is 4.76. The molecule has 0 atom stereocenters. The van der Waals surface area contributed by atoms with Crippen LogP contribution in [0.15, 0.2) is 32.9 Å². The van der Waals surface area contributed by atoms with Gasteiger partial charge in [-0.15, -0.1) is 0 Å². The predicted molar refractivity (Wildman–Crippen MR) is 57.0 cm³/mol. The average molecular weight is 342 g/mol. The van der Waals surface area contributed by atoms with Crippen molar-refractivity contribution in [1.29, 1.82) is 0 Å². The van der Waals surface area contributed by atoms with Crippen LogP contribution >= 0.6 is 0 Å². The summed E-state index contributed by atoms with van der Waals surface area (Å²) in [6, 6.07) is 1.86. The Kier molecular flexibility index (Phi) is 5.73. The molecule has 1 rings (SSSR count). The first kappa shape index (κ1) is 18.9. The van der Waals surface area contributed by atoms with E-state index >= 15 is 0 Å². The van der Waals surface area contributed by atoms with E-state index in [4.69, 9.17) is 13.7 Å². The van der Waals surface area contributed by atoms with Gasteiger partial charge in [-0.25, -0.2) is 0 Å². The van der Waals surface area contributed by atoms with E-state index in [2.05, 4.69) is 0 Å². The Morgan fingerprint density at radius 1 is 0.737 bits per heavy atom. The summed E-state index contributed by atoms with van der Waals surface area (Å²) in [5.74, 6) is 0. The van der Waals surface area contributed by atoms with Crippen LogP contribution in [0.3, 0.4) is 0 Å². The standard InChI is InChI=1S/C6H6O9S3.Na.H/c7-16(8,9)4-2-1-3-5(17(10,11)12)6(4)18(13,14)15;;/h1-3H,(H,7,8,9)(H,10,11,12)(H,13,14,15);;/q;+1;-1. The Balaban J connectivity index is 0. The number of benzene rings is 1. The van der Waals surface area contributed by atoms with Crippen LogP contribution in [-0.4, -0.2) is 38.9 Å². The first-order valence-corrected chi connectivity index (χ1v) is 8.22. The summed E-state index contributed by atoms with van der Waals surface area (Å²) in [5, 5.41) is 0. The molecule has 0 unspecified atom stereocenters. The summed E-state index contributed by atoms with van der Waals surface area (Å²) >= 11 is 0. The normalized spacial score (nSPS) is 12.8. The maximum atomic E-state index is 11.0. The topological polar surface area (TPSA) is 163 Å². The third kappa shape index (κ3) is 4.47. The van der Waals surface area contributed by atoms with E-state index in [0.29, 0.717) is 12.1 Å². The molecular formula is C6H7NaO9S3. The SMILES string of the molecule is O=S(=O)(O)c1cccc(S(=O)(=O)O)c1S(=O)(=O)O.[H-].[Na+]. The van der Waals surface area contributed by atoms with Crippen molar-refractivity contribution in [2.75, 3.05) is 0 Å². The molecule has 0 aromatic heterocycles. The van der Waals surface area contributed by atoms with Crippen LogP contribution in [0, 0.1) is 0 Å². The Morgan fingerprint density at radius 3 is 1.26 bits per heavy atom. The molecule has 104 valence electrons. The predicted octanol–water partition coefficient (Wildman–Crippen LogP) is -3.46. The molecule has 0 saturated heterocycles. The molecule has 1 aromatic carbocycles. The molecule has 9 nitrogen and oxygen atoms in total. The van der Waals surface area contributed by atoms with Gasteiger partial charge in [-0.1, -0.05) is 6.07 Å². The smallest absolute Gasteiger partial charge is 1.00 e. The van der Waals surface area contributed by atoms with Crippen molar-refractivity contribution in [1.82, 2.24) is 0 Å². The Labute approximate surface area is 132 Å². The average Bonchev–Trinajstić information content (AvgIpc) is 2.12. The molecule has 3 N–H and O–H groups in total. The monoisotopic (exact) mass is 342 g/mol. The van der Waals surface area contributed by atoms with Gasteiger partial charge in [0.25, 0.3) is 30.4 Å². The zero-order valence-corrected chi connectivity index (χ0v) is 13.7. The fraction of sp³-hybridized carbons (Fsp3) is 0. The molecule has 1 aromatic rings. The molecule has 0 amide bonds. The Bertz CT molecular complexity index is 746. The molecule has 0 heterocycles. The van der Waals surface area contributed by atoms with Crippen molar-refractivity contribution in [3.63, 3.8) is 0 Å². The van der Waals surface area contributed by atoms with Crippen LogP contribution in [-0.2, 0) is 30.4 Å². The van der Waals surface area contributed by atoms with E-state index in [9.17, 15) is 25.3 Å². The second-order valence-corrected chi connectivity index (χ2v) is 7.15. The molecule has 0 spiro atoms. The van der Waals surface area contributed by atoms with Gasteiger partial charge in [-0.2, -0.15) is 25.3 Å². The van der Waals surface area contributed by atoms with E-state index in [1.807, 2.05) is 0 Å². The van der Waals surface area contributed by atoms with Gasteiger partial charge >= 0.3 is 29.6 Å². The molecule has 0 aliphatic carbocycles. The van der Waals surface area contributed by atoms with Gasteiger partial charge in [0.05, 0.1) is 0 Å². The zero-order valence-electron chi connectivity index (χ0n) is 10.2. The Morgan fingerprint density at radius 2 is 1.05 bits per heavy atom. The summed E-state index contributed by atoms with van der Waals surface area (Å²) in [5.41, 5.74) is 0. The molecule has 0 radical (unpaired) electrons. The second-order valence-electron chi connectivity index (χ2n) is 3.01. The van der Waals surface area contributed by atoms with Gasteiger partial charge in [-0.3, -0.25) is 13.7 Å². The molecule has 0 saturated carbocycles. The van der Waals surface area contributed by atoms with Crippen LogP contribution in [0.25, 0.3) is 0 Å². The zero-order chi connectivity index (χ0) is 14.4. The van der Waals surface area contributed by atoms with Crippen molar-refractivity contribution in [2.24, 2.45) is 0 Å². The molecule has 0 aliphatic rings. The van der Waals surface area contributed by atoms with Crippen LogP contribution in [0.2, 0.25) is 0 Å². The molecule has 13 heteroatoms. The summed E-state index contributed by atoms with van der Waals surface area (Å²) < 4.78 is 91.8. The van der Waals surface area contributed by atoms with E-state index in [1.54, 1.807) is 0 Å². The maximum Gasteiger partial charge on any atom is 1.00 e. The Hall–Kier alpha value is -0.0500. The van der Waals surface area contributed by atoms with Gasteiger partial charge in [0.1, 0.15) is 14.7 Å². The van der Waals surface area contributed by atoms with E-state index < -0.39 is 45.0 Å². The minimum absolute atomic E-state index is 0. The molecule has 0 bridgehead atoms. The largest absolute Gasteiger partial charge is 1.00 e. The van der Waals surface area contributed by atoms with Gasteiger partial charge < -0.3 is 1.43 Å². The van der Waals surface area contributed by atoms with E-state index in [0.717, 1.165) is 6.07 Å². The fourth-order valence-electron chi connectivity index (χ4n) is 1.16. The second kappa shape index (κ2) is 5.75. The summed E-state index contributed by atoms with van der Waals surface area (Å²) in [6.45, 7) is 0. The molecule has 0 fully saturated rings. The van der Waals surface area contributed by atoms with Gasteiger partial charge in [0.15, 0.2) is 0 Å². The van der Waals surface area contributed by atoms with Crippen LogP contribution < -0.4 is 29.6 Å². The first-order chi connectivity index (χ1) is 7.85. The van der Waals surface area contributed by atoms with Crippen molar-refractivity contribution >= 4 is 30.4 Å². The number of rotatable bonds is 3. The van der Waals surface area contributed by atoms with E-state index in [-0.39, 0.29) is 31.0 Å². The van der Waals surface area contributed by atoms with Gasteiger partial charge in [0.2, 0.25) is 0 Å². The minimum Gasteiger partial charge on any atom is -1.00 e. The molecule has 19 heavy (non-hydrogen) atoms. The van der Waals surface area contributed by atoms with Gasteiger partial charge in [-0.05, 0) is 12.1 Å². The van der Waals surface area contributed by atoms with Crippen LogP contribution in [0.1, 0.15) is 1.43 Å². The van der Waals surface area contributed by atoms with Crippen LogP contribution in [0.4, 0.5) is 0 Å². The van der Waals surface area contributed by atoms with Crippen molar-refractivity contribution < 1.29 is 69.9 Å². The fourth-order valence-corrected chi connectivity index (χ4v) is 4.32. The molecule has 0 aliphatic heterocycles. The van der Waals surface area contributed by atoms with Crippen molar-refractivity contribution in [3.8, 4) is 0 Å². The van der Waals surface area contributed by atoms with E-state index in [1.165, 1.54) is 0 Å². The third-order valence-electron chi connectivity index (χ3n) is 1.76. The number of hydrogen-bond donors (Lipinski definition) is 3. The summed E-state index contributed by atoms with van der Waals surface area (Å²) in [6.07, 6.45) is 0. The summed E-state index contributed by atoms with van der Waals surface area (Å²) in [7, 11) is -15.5. The minimum atomic E-state index is -5.31. The van der Waals surface area contributed by atoms with Gasteiger partial charge in [0, 0.05) is 0 Å². The quantitative estimate of drug-likeness (QED) is 0.374. The first-order valence-electron chi connectivity index (χ1n) is 3.90. The maximum absolute atomic E-state index is 11.0. The molecular weight excluding hydrogens is 335 g/mol. The van der Waals surface area contributed by atoms with Crippen molar-refractivity contribution in [3.05, 3.63) is 18.2 Å². The van der Waals surface area contributed by atoms with Crippen molar-refractivity contribution in [2.45, 2.75) is 14.7 Å².